The smallest absolute Gasteiger partial charge is 0.0656 e. The Balaban J connectivity index is 2.33. The Morgan fingerprint density at radius 2 is 2.14 bits per heavy atom. The molecule has 0 aromatic heterocycles. The number of aliphatic hydroxyl groups excluding tert-OH is 1. The van der Waals surface area contributed by atoms with Gasteiger partial charge in [-0.15, -0.1) is 0 Å². The van der Waals surface area contributed by atoms with Gasteiger partial charge in [-0.1, -0.05) is 0 Å². The number of thiol groups is 1. The summed E-state index contributed by atoms with van der Waals surface area (Å²) in [6.07, 6.45) is 3.07. The van der Waals surface area contributed by atoms with Gasteiger partial charge in [-0.05, 0) is 19.3 Å². The van der Waals surface area contributed by atoms with Crippen molar-refractivity contribution in [3.8, 4) is 0 Å². The van der Waals surface area contributed by atoms with Gasteiger partial charge in [0, 0.05) is 5.25 Å². The largest absolute Gasteiger partial charge is 0.392 e. The fraction of sp³-hybridized carbons (Fsp3) is 1.00. The van der Waals surface area contributed by atoms with Crippen molar-refractivity contribution in [1.82, 2.24) is 0 Å². The average molecular weight is 118 g/mol. The summed E-state index contributed by atoms with van der Waals surface area (Å²) >= 11 is 4.14. The highest BCUT2D eigenvalue weighted by Gasteiger charge is 2.20. The summed E-state index contributed by atoms with van der Waals surface area (Å²) in [7, 11) is 0. The molecule has 7 heavy (non-hydrogen) atoms. The molecule has 1 fully saturated rings. The van der Waals surface area contributed by atoms with E-state index in [9.17, 15) is 0 Å². The third-order valence-corrected chi connectivity index (χ3v) is 2.05. The molecular weight excluding hydrogens is 108 g/mol. The van der Waals surface area contributed by atoms with Crippen molar-refractivity contribution in [3.63, 3.8) is 0 Å². The highest BCUT2D eigenvalue weighted by molar-refractivity contribution is 7.81. The Morgan fingerprint density at radius 1 is 1.43 bits per heavy atom. The molecule has 1 saturated carbocycles. The van der Waals surface area contributed by atoms with Gasteiger partial charge in [0.25, 0.3) is 0 Å². The van der Waals surface area contributed by atoms with Crippen molar-refractivity contribution in [2.75, 3.05) is 0 Å². The number of hydrogen-bond donors (Lipinski definition) is 2. The quantitative estimate of drug-likeness (QED) is 0.451. The zero-order valence-electron chi connectivity index (χ0n) is 4.17. The highest BCUT2D eigenvalue weighted by atomic mass is 32.1. The van der Waals surface area contributed by atoms with Gasteiger partial charge in [-0.25, -0.2) is 0 Å². The van der Waals surface area contributed by atoms with Crippen LogP contribution < -0.4 is 0 Å². The Hall–Kier alpha value is 0.310. The summed E-state index contributed by atoms with van der Waals surface area (Å²) in [5, 5.41) is 9.19. The number of hydrogen-bond acceptors (Lipinski definition) is 2. The van der Waals surface area contributed by atoms with E-state index in [0.29, 0.717) is 0 Å². The molecule has 42 valence electrons. The molecular formula is C5H10OS. The van der Waals surface area contributed by atoms with Crippen molar-refractivity contribution in [2.24, 2.45) is 0 Å². The Kier molecular flexibility index (Phi) is 1.60. The zero-order chi connectivity index (χ0) is 5.28. The lowest BCUT2D eigenvalue weighted by molar-refractivity contribution is 0.188. The van der Waals surface area contributed by atoms with E-state index in [0.717, 1.165) is 19.3 Å². The summed E-state index contributed by atoms with van der Waals surface area (Å²) in [5.41, 5.74) is 0. The molecule has 1 nitrogen and oxygen atoms in total. The molecule has 0 saturated heterocycles. The second kappa shape index (κ2) is 2.05. The predicted octanol–water partition coefficient (Wildman–Crippen LogP) is 0.830. The first-order valence-electron chi connectivity index (χ1n) is 2.67. The average Bonchev–Trinajstić information content (AvgIpc) is 1.91. The molecule has 2 atom stereocenters. The highest BCUT2D eigenvalue weighted by Crippen LogP contribution is 2.22. The van der Waals surface area contributed by atoms with Crippen LogP contribution in [0, 0.1) is 0 Å². The van der Waals surface area contributed by atoms with E-state index in [1.165, 1.54) is 0 Å². The van der Waals surface area contributed by atoms with E-state index in [1.54, 1.807) is 0 Å². The summed E-state index contributed by atoms with van der Waals surface area (Å²) in [5.74, 6) is 0. The molecule has 0 radical (unpaired) electrons. The number of rotatable bonds is 0. The molecule has 0 aromatic rings. The molecule has 0 heterocycles. The van der Waals surface area contributed by atoms with Crippen LogP contribution >= 0.6 is 12.6 Å². The van der Waals surface area contributed by atoms with Crippen LogP contribution in [-0.4, -0.2) is 16.5 Å². The zero-order valence-corrected chi connectivity index (χ0v) is 5.06. The second-order valence-corrected chi connectivity index (χ2v) is 2.73. The van der Waals surface area contributed by atoms with Crippen LogP contribution in [0.5, 0.6) is 0 Å². The van der Waals surface area contributed by atoms with Crippen LogP contribution in [0.25, 0.3) is 0 Å². The van der Waals surface area contributed by atoms with E-state index in [2.05, 4.69) is 12.6 Å². The fourth-order valence-electron chi connectivity index (χ4n) is 0.921. The molecule has 1 aliphatic rings. The van der Waals surface area contributed by atoms with Crippen LogP contribution in [0.15, 0.2) is 0 Å². The van der Waals surface area contributed by atoms with E-state index in [1.807, 2.05) is 0 Å². The summed E-state index contributed by atoms with van der Waals surface area (Å²) in [6.45, 7) is 0. The first-order valence-corrected chi connectivity index (χ1v) is 3.18. The van der Waals surface area contributed by atoms with E-state index in [4.69, 9.17) is 5.11 Å². The SMILES string of the molecule is O[C@H]1CCCC1S. The molecule has 1 unspecified atom stereocenters. The lowest BCUT2D eigenvalue weighted by Crippen LogP contribution is -2.11. The Bertz CT molecular complexity index is 57.1. The standard InChI is InChI=1S/C5H10OS/c6-4-2-1-3-5(4)7/h4-7H,1-3H2/t4-,5?/m0/s1. The maximum absolute atomic E-state index is 8.92. The molecule has 2 heteroatoms. The van der Waals surface area contributed by atoms with Gasteiger partial charge in [0.15, 0.2) is 0 Å². The van der Waals surface area contributed by atoms with Gasteiger partial charge < -0.3 is 5.11 Å². The predicted molar refractivity (Wildman–Crippen MR) is 32.6 cm³/mol. The van der Waals surface area contributed by atoms with Crippen molar-refractivity contribution in [3.05, 3.63) is 0 Å². The van der Waals surface area contributed by atoms with Crippen molar-refractivity contribution in [2.45, 2.75) is 30.6 Å². The minimum Gasteiger partial charge on any atom is -0.392 e. The first-order chi connectivity index (χ1) is 3.30. The van der Waals surface area contributed by atoms with Crippen LogP contribution in [0.2, 0.25) is 0 Å². The van der Waals surface area contributed by atoms with Gasteiger partial charge in [0.1, 0.15) is 0 Å². The Morgan fingerprint density at radius 3 is 2.29 bits per heavy atom. The van der Waals surface area contributed by atoms with Gasteiger partial charge in [-0.2, -0.15) is 12.6 Å². The van der Waals surface area contributed by atoms with E-state index >= 15 is 0 Å². The molecule has 0 amide bonds. The molecule has 1 rings (SSSR count). The maximum atomic E-state index is 8.92. The second-order valence-electron chi connectivity index (χ2n) is 2.07. The maximum Gasteiger partial charge on any atom is 0.0656 e. The molecule has 0 spiro atoms. The van der Waals surface area contributed by atoms with Crippen LogP contribution in [0.4, 0.5) is 0 Å². The lowest BCUT2D eigenvalue weighted by atomic mass is 10.3. The summed E-state index contributed by atoms with van der Waals surface area (Å²) in [6, 6.07) is 0. The van der Waals surface area contributed by atoms with Crippen LogP contribution in [0.1, 0.15) is 19.3 Å². The first kappa shape index (κ1) is 5.45. The monoisotopic (exact) mass is 118 g/mol. The lowest BCUT2D eigenvalue weighted by Gasteiger charge is -2.03. The molecule has 0 aromatic carbocycles. The van der Waals surface area contributed by atoms with Crippen molar-refractivity contribution < 1.29 is 5.11 Å². The van der Waals surface area contributed by atoms with Gasteiger partial charge in [0.05, 0.1) is 6.10 Å². The van der Waals surface area contributed by atoms with Crippen LogP contribution in [-0.2, 0) is 0 Å². The van der Waals surface area contributed by atoms with Crippen molar-refractivity contribution >= 4 is 12.6 Å². The third-order valence-electron chi connectivity index (χ3n) is 1.44. The fourth-order valence-corrected chi connectivity index (χ4v) is 1.25. The minimum absolute atomic E-state index is 0.122. The number of aliphatic hydroxyl groups is 1. The third kappa shape index (κ3) is 1.10. The normalized spacial score (nSPS) is 42.0. The molecule has 0 bridgehead atoms. The van der Waals surface area contributed by atoms with Gasteiger partial charge in [-0.3, -0.25) is 0 Å². The molecule has 1 aliphatic carbocycles. The van der Waals surface area contributed by atoms with E-state index in [-0.39, 0.29) is 11.4 Å². The van der Waals surface area contributed by atoms with E-state index < -0.39 is 0 Å². The summed E-state index contributed by atoms with van der Waals surface area (Å²) in [4.78, 5) is 0. The van der Waals surface area contributed by atoms with Gasteiger partial charge in [0.2, 0.25) is 0 Å². The Labute approximate surface area is 49.1 Å². The van der Waals surface area contributed by atoms with Crippen molar-refractivity contribution in [1.29, 1.82) is 0 Å². The topological polar surface area (TPSA) is 20.2 Å². The summed E-state index contributed by atoms with van der Waals surface area (Å²) < 4.78 is 0. The minimum atomic E-state index is -0.122. The van der Waals surface area contributed by atoms with Gasteiger partial charge >= 0.3 is 0 Å². The van der Waals surface area contributed by atoms with Crippen LogP contribution in [0.3, 0.4) is 0 Å². The molecule has 0 aliphatic heterocycles. The molecule has 1 N–H and O–H groups in total.